The zero-order valence-corrected chi connectivity index (χ0v) is 9.03. The lowest BCUT2D eigenvalue weighted by atomic mass is 10.1. The molecule has 3 heteroatoms. The molecule has 0 radical (unpaired) electrons. The summed E-state index contributed by atoms with van der Waals surface area (Å²) in [6.45, 7) is 7.84. The maximum atomic E-state index is 9.20. The minimum atomic E-state index is 0.286. The summed E-state index contributed by atoms with van der Waals surface area (Å²) in [5.74, 6) is 0. The van der Waals surface area contributed by atoms with Gasteiger partial charge in [-0.3, -0.25) is 4.90 Å². The Morgan fingerprint density at radius 3 is 2.38 bits per heavy atom. The van der Waals surface area contributed by atoms with Crippen LogP contribution in [0.4, 0.5) is 0 Å². The van der Waals surface area contributed by atoms with Crippen molar-refractivity contribution in [1.82, 2.24) is 9.80 Å². The Bertz CT molecular complexity index is 152. The molecule has 1 aliphatic rings. The molecule has 1 saturated heterocycles. The topological polar surface area (TPSA) is 26.7 Å². The molecule has 1 N–H and O–H groups in total. The maximum absolute atomic E-state index is 9.20. The number of likely N-dealkylation sites (N-methyl/N-ethyl adjacent to an activating group) is 2. The van der Waals surface area contributed by atoms with Crippen molar-refractivity contribution in [2.75, 3.05) is 33.3 Å². The van der Waals surface area contributed by atoms with Crippen molar-refractivity contribution in [3.63, 3.8) is 0 Å². The van der Waals surface area contributed by atoms with Crippen molar-refractivity contribution < 1.29 is 5.11 Å². The van der Waals surface area contributed by atoms with Gasteiger partial charge in [-0.2, -0.15) is 0 Å². The number of nitrogens with zero attached hydrogens (tertiary/aromatic N) is 2. The number of aliphatic hydroxyl groups excluding tert-OH is 1. The largest absolute Gasteiger partial charge is 0.395 e. The highest BCUT2D eigenvalue weighted by Crippen LogP contribution is 2.15. The van der Waals surface area contributed by atoms with Crippen molar-refractivity contribution in [1.29, 1.82) is 0 Å². The van der Waals surface area contributed by atoms with E-state index in [-0.39, 0.29) is 6.61 Å². The standard InChI is InChI=1S/C10H22N2O/c1-4-9-7-12(5-2)10(8-13)6-11(9)3/h9-10,13H,4-8H2,1-3H3/t9-,10+/m1/s1. The average Bonchev–Trinajstić information content (AvgIpc) is 2.17. The van der Waals surface area contributed by atoms with Crippen LogP contribution in [-0.4, -0.2) is 60.3 Å². The number of hydrogen-bond donors (Lipinski definition) is 1. The van der Waals surface area contributed by atoms with Crippen LogP contribution in [0.25, 0.3) is 0 Å². The van der Waals surface area contributed by atoms with Crippen molar-refractivity contribution in [3.05, 3.63) is 0 Å². The average molecular weight is 186 g/mol. The molecular formula is C10H22N2O. The van der Waals surface area contributed by atoms with Gasteiger partial charge in [0.15, 0.2) is 0 Å². The van der Waals surface area contributed by atoms with E-state index in [0.717, 1.165) is 19.6 Å². The van der Waals surface area contributed by atoms with Crippen molar-refractivity contribution in [2.24, 2.45) is 0 Å². The summed E-state index contributed by atoms with van der Waals surface area (Å²) in [4.78, 5) is 4.75. The van der Waals surface area contributed by atoms with Gasteiger partial charge >= 0.3 is 0 Å². The van der Waals surface area contributed by atoms with Gasteiger partial charge in [-0.25, -0.2) is 0 Å². The van der Waals surface area contributed by atoms with Gasteiger partial charge in [0.2, 0.25) is 0 Å². The van der Waals surface area contributed by atoms with Crippen molar-refractivity contribution in [2.45, 2.75) is 32.4 Å². The molecule has 0 aromatic heterocycles. The molecule has 1 heterocycles. The van der Waals surface area contributed by atoms with E-state index in [1.165, 1.54) is 6.42 Å². The smallest absolute Gasteiger partial charge is 0.0599 e. The van der Waals surface area contributed by atoms with E-state index >= 15 is 0 Å². The van der Waals surface area contributed by atoms with Gasteiger partial charge in [0.25, 0.3) is 0 Å². The van der Waals surface area contributed by atoms with Crippen LogP contribution in [-0.2, 0) is 0 Å². The first-order chi connectivity index (χ1) is 6.22. The SMILES string of the molecule is CC[C@@H]1CN(CC)[C@H](CO)CN1C. The third kappa shape index (κ3) is 2.42. The maximum Gasteiger partial charge on any atom is 0.0599 e. The van der Waals surface area contributed by atoms with E-state index in [4.69, 9.17) is 0 Å². The van der Waals surface area contributed by atoms with Gasteiger partial charge in [-0.1, -0.05) is 13.8 Å². The van der Waals surface area contributed by atoms with Gasteiger partial charge in [0, 0.05) is 25.2 Å². The summed E-state index contributed by atoms with van der Waals surface area (Å²) in [6, 6.07) is 1.01. The summed E-state index contributed by atoms with van der Waals surface area (Å²) in [6.07, 6.45) is 1.20. The molecule has 2 atom stereocenters. The molecule has 1 fully saturated rings. The molecule has 0 bridgehead atoms. The van der Waals surface area contributed by atoms with Gasteiger partial charge in [0.1, 0.15) is 0 Å². The third-order valence-electron chi connectivity index (χ3n) is 3.17. The lowest BCUT2D eigenvalue weighted by molar-refractivity contribution is 0.0189. The minimum Gasteiger partial charge on any atom is -0.395 e. The Morgan fingerprint density at radius 1 is 1.23 bits per heavy atom. The molecule has 0 saturated carbocycles. The highest BCUT2D eigenvalue weighted by Gasteiger charge is 2.28. The van der Waals surface area contributed by atoms with Gasteiger partial charge in [-0.05, 0) is 20.0 Å². The molecule has 0 aromatic carbocycles. The second-order valence-electron chi connectivity index (χ2n) is 3.93. The monoisotopic (exact) mass is 186 g/mol. The van der Waals surface area contributed by atoms with Crippen LogP contribution >= 0.6 is 0 Å². The summed E-state index contributed by atoms with van der Waals surface area (Å²) in [5, 5.41) is 9.20. The minimum absolute atomic E-state index is 0.286. The first kappa shape index (κ1) is 11.0. The van der Waals surface area contributed by atoms with E-state index in [2.05, 4.69) is 30.7 Å². The quantitative estimate of drug-likeness (QED) is 0.691. The second-order valence-corrected chi connectivity index (χ2v) is 3.93. The molecule has 1 aliphatic heterocycles. The van der Waals surface area contributed by atoms with Gasteiger partial charge in [0.05, 0.1) is 6.61 Å². The predicted octanol–water partition coefficient (Wildman–Crippen LogP) is 0.393. The lowest BCUT2D eigenvalue weighted by Gasteiger charge is -2.43. The Labute approximate surface area is 81.3 Å². The third-order valence-corrected chi connectivity index (χ3v) is 3.17. The van der Waals surface area contributed by atoms with Crippen LogP contribution < -0.4 is 0 Å². The number of piperazine rings is 1. The lowest BCUT2D eigenvalue weighted by Crippen LogP contribution is -2.57. The Kier molecular flexibility index (Phi) is 4.16. The first-order valence-corrected chi connectivity index (χ1v) is 5.28. The predicted molar refractivity (Wildman–Crippen MR) is 54.8 cm³/mol. The summed E-state index contributed by atoms with van der Waals surface area (Å²) < 4.78 is 0. The van der Waals surface area contributed by atoms with E-state index in [9.17, 15) is 5.11 Å². The van der Waals surface area contributed by atoms with E-state index < -0.39 is 0 Å². The number of hydrogen-bond acceptors (Lipinski definition) is 3. The highest BCUT2D eigenvalue weighted by atomic mass is 16.3. The summed E-state index contributed by atoms with van der Waals surface area (Å²) in [7, 11) is 2.16. The Balaban J connectivity index is 2.54. The normalized spacial score (nSPS) is 32.3. The van der Waals surface area contributed by atoms with Gasteiger partial charge < -0.3 is 10.0 Å². The van der Waals surface area contributed by atoms with E-state index in [1.54, 1.807) is 0 Å². The van der Waals surface area contributed by atoms with Crippen LogP contribution in [0.3, 0.4) is 0 Å². The molecule has 0 aliphatic carbocycles. The zero-order valence-electron chi connectivity index (χ0n) is 9.03. The first-order valence-electron chi connectivity index (χ1n) is 5.28. The van der Waals surface area contributed by atoms with Crippen LogP contribution in [0.15, 0.2) is 0 Å². The van der Waals surface area contributed by atoms with Crippen LogP contribution in [0, 0.1) is 0 Å². The van der Waals surface area contributed by atoms with Gasteiger partial charge in [-0.15, -0.1) is 0 Å². The fourth-order valence-corrected chi connectivity index (χ4v) is 2.16. The summed E-state index contributed by atoms with van der Waals surface area (Å²) in [5.41, 5.74) is 0. The fourth-order valence-electron chi connectivity index (χ4n) is 2.16. The van der Waals surface area contributed by atoms with E-state index in [0.29, 0.717) is 12.1 Å². The Morgan fingerprint density at radius 2 is 1.92 bits per heavy atom. The van der Waals surface area contributed by atoms with Crippen LogP contribution in [0.2, 0.25) is 0 Å². The Hall–Kier alpha value is -0.120. The molecule has 78 valence electrons. The van der Waals surface area contributed by atoms with E-state index in [1.807, 2.05) is 0 Å². The fraction of sp³-hybridized carbons (Fsp3) is 1.00. The van der Waals surface area contributed by atoms with Crippen molar-refractivity contribution in [3.8, 4) is 0 Å². The molecule has 0 unspecified atom stereocenters. The highest BCUT2D eigenvalue weighted by molar-refractivity contribution is 4.85. The molecule has 0 aromatic rings. The molecule has 1 rings (SSSR count). The van der Waals surface area contributed by atoms with Crippen molar-refractivity contribution >= 4 is 0 Å². The molecule has 3 nitrogen and oxygen atoms in total. The zero-order chi connectivity index (χ0) is 9.84. The molecule has 13 heavy (non-hydrogen) atoms. The second kappa shape index (κ2) is 4.94. The van der Waals surface area contributed by atoms with Crippen LogP contribution in [0.1, 0.15) is 20.3 Å². The molecule has 0 amide bonds. The number of rotatable bonds is 3. The summed E-state index contributed by atoms with van der Waals surface area (Å²) >= 11 is 0. The molecule has 0 spiro atoms. The molecular weight excluding hydrogens is 164 g/mol. The van der Waals surface area contributed by atoms with Crippen LogP contribution in [0.5, 0.6) is 0 Å². The number of aliphatic hydroxyl groups is 1.